The highest BCUT2D eigenvalue weighted by atomic mass is 35.5. The average molecular weight is 378 g/mol. The summed E-state index contributed by atoms with van der Waals surface area (Å²) < 4.78 is 0. The number of rotatable bonds is 3. The van der Waals surface area contributed by atoms with E-state index in [0.29, 0.717) is 20.7 Å². The molecule has 0 bridgehead atoms. The lowest BCUT2D eigenvalue weighted by Gasteiger charge is -2.25. The number of hydrogen-bond donors (Lipinski definition) is 0. The molecule has 7 heteroatoms. The van der Waals surface area contributed by atoms with Crippen molar-refractivity contribution in [3.63, 3.8) is 0 Å². The van der Waals surface area contributed by atoms with Gasteiger partial charge in [0.2, 0.25) is 0 Å². The van der Waals surface area contributed by atoms with Gasteiger partial charge >= 0.3 is 5.97 Å². The molecule has 0 aromatic heterocycles. The second-order valence-electron chi connectivity index (χ2n) is 6.08. The van der Waals surface area contributed by atoms with Crippen molar-refractivity contribution in [2.24, 2.45) is 0 Å². The fourth-order valence-electron chi connectivity index (χ4n) is 2.45. The highest BCUT2D eigenvalue weighted by molar-refractivity contribution is 6.42. The highest BCUT2D eigenvalue weighted by Gasteiger charge is 2.42. The molecule has 128 valence electrons. The van der Waals surface area contributed by atoms with Gasteiger partial charge in [-0.1, -0.05) is 46.5 Å². The summed E-state index contributed by atoms with van der Waals surface area (Å²) >= 11 is 11.9. The van der Waals surface area contributed by atoms with Crippen molar-refractivity contribution < 1.29 is 19.2 Å². The molecule has 0 saturated carbocycles. The number of hydrogen-bond acceptors (Lipinski definition) is 4. The maximum atomic E-state index is 12.6. The molecule has 0 atom stereocenters. The van der Waals surface area contributed by atoms with E-state index in [2.05, 4.69) is 0 Å². The van der Waals surface area contributed by atoms with E-state index in [-0.39, 0.29) is 11.1 Å². The SMILES string of the molecule is CC(C)(C(=O)ON1C(=O)c2ccccc2C1=O)c1ccc(Cl)c(Cl)c1. The molecule has 2 aromatic rings. The number of carbonyl (C=O) groups excluding carboxylic acids is 3. The summed E-state index contributed by atoms with van der Waals surface area (Å²) in [6, 6.07) is 11.0. The normalized spacial score (nSPS) is 13.8. The Morgan fingerprint density at radius 1 is 0.960 bits per heavy atom. The summed E-state index contributed by atoms with van der Waals surface area (Å²) in [6.07, 6.45) is 0. The van der Waals surface area contributed by atoms with Gasteiger partial charge in [-0.15, -0.1) is 0 Å². The van der Waals surface area contributed by atoms with Gasteiger partial charge in [-0.05, 0) is 43.7 Å². The van der Waals surface area contributed by atoms with E-state index >= 15 is 0 Å². The van der Waals surface area contributed by atoms with Crippen LogP contribution in [-0.4, -0.2) is 22.8 Å². The first kappa shape index (κ1) is 17.5. The Balaban J connectivity index is 1.86. The molecule has 2 aromatic carbocycles. The van der Waals surface area contributed by atoms with Crippen LogP contribution in [0.5, 0.6) is 0 Å². The zero-order valence-electron chi connectivity index (χ0n) is 13.4. The van der Waals surface area contributed by atoms with Crippen LogP contribution >= 0.6 is 23.2 Å². The minimum Gasteiger partial charge on any atom is -0.329 e. The fourth-order valence-corrected chi connectivity index (χ4v) is 2.75. The van der Waals surface area contributed by atoms with Gasteiger partial charge in [0.1, 0.15) is 0 Å². The average Bonchev–Trinajstić information content (AvgIpc) is 2.82. The van der Waals surface area contributed by atoms with Crippen molar-refractivity contribution in [1.29, 1.82) is 0 Å². The van der Waals surface area contributed by atoms with Crippen molar-refractivity contribution in [2.45, 2.75) is 19.3 Å². The van der Waals surface area contributed by atoms with Crippen LogP contribution < -0.4 is 0 Å². The number of carbonyl (C=O) groups is 3. The Bertz CT molecular complexity index is 873. The molecule has 0 N–H and O–H groups in total. The predicted molar refractivity (Wildman–Crippen MR) is 92.5 cm³/mol. The third kappa shape index (κ3) is 2.90. The number of nitrogens with zero attached hydrogens (tertiary/aromatic N) is 1. The van der Waals surface area contributed by atoms with Gasteiger partial charge in [0, 0.05) is 0 Å². The molecule has 0 radical (unpaired) electrons. The summed E-state index contributed by atoms with van der Waals surface area (Å²) in [4.78, 5) is 42.3. The molecule has 0 unspecified atom stereocenters. The zero-order valence-corrected chi connectivity index (χ0v) is 14.9. The number of amides is 2. The number of halogens is 2. The van der Waals surface area contributed by atoms with Crippen LogP contribution in [0, 0.1) is 0 Å². The first-order valence-electron chi connectivity index (χ1n) is 7.39. The molecule has 0 fully saturated rings. The smallest absolute Gasteiger partial charge is 0.329 e. The van der Waals surface area contributed by atoms with E-state index in [4.69, 9.17) is 28.0 Å². The quantitative estimate of drug-likeness (QED) is 0.757. The molecule has 3 rings (SSSR count). The first-order chi connectivity index (χ1) is 11.7. The number of benzene rings is 2. The summed E-state index contributed by atoms with van der Waals surface area (Å²) in [7, 11) is 0. The van der Waals surface area contributed by atoms with E-state index < -0.39 is 23.2 Å². The monoisotopic (exact) mass is 377 g/mol. The third-order valence-corrected chi connectivity index (χ3v) is 4.82. The van der Waals surface area contributed by atoms with Gasteiger partial charge < -0.3 is 4.84 Å². The Hall–Kier alpha value is -2.37. The molecular weight excluding hydrogens is 365 g/mol. The van der Waals surface area contributed by atoms with Crippen molar-refractivity contribution in [2.75, 3.05) is 0 Å². The number of imide groups is 1. The van der Waals surface area contributed by atoms with Crippen LogP contribution in [0.3, 0.4) is 0 Å². The Morgan fingerprint density at radius 2 is 1.52 bits per heavy atom. The Morgan fingerprint density at radius 3 is 2.04 bits per heavy atom. The summed E-state index contributed by atoms with van der Waals surface area (Å²) in [5, 5.41) is 1.14. The maximum absolute atomic E-state index is 12.6. The lowest BCUT2D eigenvalue weighted by atomic mass is 9.85. The third-order valence-electron chi connectivity index (χ3n) is 4.08. The largest absolute Gasteiger partial charge is 0.343 e. The molecular formula is C18H13Cl2NO4. The molecule has 0 saturated heterocycles. The first-order valence-corrected chi connectivity index (χ1v) is 8.15. The van der Waals surface area contributed by atoms with Crippen molar-refractivity contribution in [3.05, 3.63) is 69.2 Å². The molecule has 1 aliphatic rings. The van der Waals surface area contributed by atoms with Gasteiger partial charge in [0.05, 0.1) is 26.6 Å². The van der Waals surface area contributed by atoms with Crippen LogP contribution in [0.1, 0.15) is 40.1 Å². The lowest BCUT2D eigenvalue weighted by Crippen LogP contribution is -2.40. The number of fused-ring (bicyclic) bond motifs is 1. The second kappa shape index (κ2) is 6.17. The lowest BCUT2D eigenvalue weighted by molar-refractivity contribution is -0.174. The van der Waals surface area contributed by atoms with Crippen LogP contribution in [0.15, 0.2) is 42.5 Å². The van der Waals surface area contributed by atoms with Crippen molar-refractivity contribution in [1.82, 2.24) is 5.06 Å². The summed E-state index contributed by atoms with van der Waals surface area (Å²) in [5.41, 5.74) is -0.201. The molecule has 0 spiro atoms. The topological polar surface area (TPSA) is 63.7 Å². The van der Waals surface area contributed by atoms with Crippen LogP contribution in [0.2, 0.25) is 10.0 Å². The van der Waals surface area contributed by atoms with Crippen LogP contribution in [0.4, 0.5) is 0 Å². The minimum absolute atomic E-state index is 0.202. The van der Waals surface area contributed by atoms with Gasteiger partial charge in [-0.25, -0.2) is 4.79 Å². The Labute approximate surface area is 154 Å². The summed E-state index contributed by atoms with van der Waals surface area (Å²) in [6.45, 7) is 3.21. The molecule has 1 aliphatic heterocycles. The predicted octanol–water partition coefficient (Wildman–Crippen LogP) is 4.03. The van der Waals surface area contributed by atoms with Crippen LogP contribution in [0.25, 0.3) is 0 Å². The highest BCUT2D eigenvalue weighted by Crippen LogP contribution is 2.32. The van der Waals surface area contributed by atoms with E-state index in [1.165, 1.54) is 12.1 Å². The summed E-state index contributed by atoms with van der Waals surface area (Å²) in [5.74, 6) is -2.10. The van der Waals surface area contributed by atoms with Gasteiger partial charge in [-0.3, -0.25) is 9.59 Å². The second-order valence-corrected chi connectivity index (χ2v) is 6.90. The zero-order chi connectivity index (χ0) is 18.4. The van der Waals surface area contributed by atoms with E-state index in [1.54, 1.807) is 44.2 Å². The van der Waals surface area contributed by atoms with Crippen molar-refractivity contribution in [3.8, 4) is 0 Å². The maximum Gasteiger partial charge on any atom is 0.343 e. The van der Waals surface area contributed by atoms with E-state index in [9.17, 15) is 14.4 Å². The van der Waals surface area contributed by atoms with E-state index in [0.717, 1.165) is 0 Å². The molecule has 25 heavy (non-hydrogen) atoms. The molecule has 1 heterocycles. The molecule has 0 aliphatic carbocycles. The van der Waals surface area contributed by atoms with Crippen molar-refractivity contribution >= 4 is 41.0 Å². The standard InChI is InChI=1S/C18H13Cl2NO4/c1-18(2,10-7-8-13(19)14(20)9-10)17(24)25-21-15(22)11-5-3-4-6-12(11)16(21)23/h3-9H,1-2H3. The van der Waals surface area contributed by atoms with Crippen LogP contribution in [-0.2, 0) is 15.0 Å². The minimum atomic E-state index is -1.15. The molecule has 5 nitrogen and oxygen atoms in total. The fraction of sp³-hybridized carbons (Fsp3) is 0.167. The Kier molecular flexibility index (Phi) is 4.31. The van der Waals surface area contributed by atoms with Gasteiger partial charge in [0.15, 0.2) is 0 Å². The number of hydroxylamine groups is 2. The van der Waals surface area contributed by atoms with E-state index in [1.807, 2.05) is 0 Å². The van der Waals surface area contributed by atoms with Gasteiger partial charge in [-0.2, -0.15) is 0 Å². The van der Waals surface area contributed by atoms with Gasteiger partial charge in [0.25, 0.3) is 11.8 Å². The molecule has 2 amide bonds.